The first-order valence-electron chi connectivity index (χ1n) is 4.61. The number of aromatic nitrogens is 2. The van der Waals surface area contributed by atoms with Gasteiger partial charge in [-0.05, 0) is 6.42 Å². The Balaban J connectivity index is 3.36. The van der Waals surface area contributed by atoms with Crippen LogP contribution in [0.25, 0.3) is 11.8 Å². The number of nitrogens with one attached hydrogen (secondary N) is 2. The Morgan fingerprint density at radius 2 is 2.27 bits per heavy atom. The molecule has 80 valence electrons. The molecule has 0 fully saturated rings. The van der Waals surface area contributed by atoms with E-state index in [0.717, 1.165) is 18.9 Å². The molecule has 0 radical (unpaired) electrons. The van der Waals surface area contributed by atoms with Gasteiger partial charge in [-0.3, -0.25) is 4.98 Å². The molecular formula is C10H12N2O3. The quantitative estimate of drug-likeness (QED) is 0.574. The van der Waals surface area contributed by atoms with Gasteiger partial charge in [0.05, 0.1) is 11.4 Å². The van der Waals surface area contributed by atoms with Crippen LogP contribution in [0.5, 0.6) is 0 Å². The van der Waals surface area contributed by atoms with E-state index in [1.807, 2.05) is 13.0 Å². The summed E-state index contributed by atoms with van der Waals surface area (Å²) >= 11 is 0. The molecule has 0 saturated heterocycles. The second-order valence-electron chi connectivity index (χ2n) is 2.99. The van der Waals surface area contributed by atoms with Gasteiger partial charge in [0, 0.05) is 0 Å². The van der Waals surface area contributed by atoms with Crippen LogP contribution in [0.3, 0.4) is 0 Å². The van der Waals surface area contributed by atoms with E-state index in [9.17, 15) is 9.59 Å². The average Bonchev–Trinajstić information content (AvgIpc) is 2.52. The zero-order valence-corrected chi connectivity index (χ0v) is 8.33. The number of hydrogen-bond acceptors (Lipinski definition) is 2. The Morgan fingerprint density at radius 3 is 2.87 bits per heavy atom. The van der Waals surface area contributed by atoms with E-state index in [1.165, 1.54) is 0 Å². The first-order valence-corrected chi connectivity index (χ1v) is 4.61. The predicted molar refractivity (Wildman–Crippen MR) is 55.7 cm³/mol. The Morgan fingerprint density at radius 1 is 1.53 bits per heavy atom. The summed E-state index contributed by atoms with van der Waals surface area (Å²) in [6, 6.07) is 0. The molecule has 1 aromatic rings. The molecule has 1 aromatic heterocycles. The van der Waals surface area contributed by atoms with Crippen molar-refractivity contribution in [1.29, 1.82) is 0 Å². The fourth-order valence-corrected chi connectivity index (χ4v) is 1.09. The monoisotopic (exact) mass is 208 g/mol. The lowest BCUT2D eigenvalue weighted by Crippen LogP contribution is -2.23. The zero-order chi connectivity index (χ0) is 11.3. The van der Waals surface area contributed by atoms with Gasteiger partial charge in [-0.2, -0.15) is 0 Å². The molecule has 0 spiro atoms. The second-order valence-corrected chi connectivity index (χ2v) is 2.99. The summed E-state index contributed by atoms with van der Waals surface area (Å²) in [5.41, 5.74) is 2.14. The van der Waals surface area contributed by atoms with E-state index in [-0.39, 0.29) is 5.69 Å². The molecule has 0 saturated carbocycles. The summed E-state index contributed by atoms with van der Waals surface area (Å²) in [5.74, 6) is -1.10. The SMILES string of the molecule is CCCC=c1[nH]c(=O)[nH]c1=C=CC(=O)O. The van der Waals surface area contributed by atoms with Gasteiger partial charge in [-0.15, -0.1) is 0 Å². The van der Waals surface area contributed by atoms with Crippen molar-refractivity contribution in [1.82, 2.24) is 9.97 Å². The number of carboxylic acids is 1. The topological polar surface area (TPSA) is 86.0 Å². The van der Waals surface area contributed by atoms with E-state index in [1.54, 1.807) is 0 Å². The lowest BCUT2D eigenvalue weighted by atomic mass is 10.3. The molecule has 0 bridgehead atoms. The summed E-state index contributed by atoms with van der Waals surface area (Å²) < 4.78 is 0. The van der Waals surface area contributed by atoms with Crippen LogP contribution in [0.4, 0.5) is 0 Å². The number of rotatable bonds is 3. The van der Waals surface area contributed by atoms with Crippen LogP contribution < -0.4 is 16.4 Å². The smallest absolute Gasteiger partial charge is 0.336 e. The number of carbonyl (C=O) groups is 1. The minimum absolute atomic E-state index is 0.362. The summed E-state index contributed by atoms with van der Waals surface area (Å²) in [4.78, 5) is 26.3. The number of imidazole rings is 1. The van der Waals surface area contributed by atoms with Crippen LogP contribution in [0, 0.1) is 0 Å². The highest BCUT2D eigenvalue weighted by Crippen LogP contribution is 1.83. The minimum Gasteiger partial charge on any atom is -0.478 e. The summed E-state index contributed by atoms with van der Waals surface area (Å²) in [5, 5.41) is 9.37. The fraction of sp³-hybridized carbons (Fsp3) is 0.300. The van der Waals surface area contributed by atoms with E-state index in [4.69, 9.17) is 5.11 Å². The highest BCUT2D eigenvalue weighted by Gasteiger charge is 1.90. The molecule has 0 amide bonds. The minimum atomic E-state index is -1.10. The predicted octanol–water partition coefficient (Wildman–Crippen LogP) is -0.696. The van der Waals surface area contributed by atoms with Crippen molar-refractivity contribution in [3.05, 3.63) is 27.3 Å². The van der Waals surface area contributed by atoms with Crippen LogP contribution in [0.1, 0.15) is 19.8 Å². The first kappa shape index (κ1) is 11.1. The standard InChI is InChI=1S/C10H12N2O3/c1-2-3-4-7-8(5-6-9(13)14)12-10(15)11-7/h4,6H,2-3H2,1H3,(H,13,14)(H2,11,12,15). The van der Waals surface area contributed by atoms with Crippen molar-refractivity contribution in [3.63, 3.8) is 0 Å². The van der Waals surface area contributed by atoms with Crippen molar-refractivity contribution in [2.24, 2.45) is 0 Å². The number of hydrogen-bond donors (Lipinski definition) is 3. The van der Waals surface area contributed by atoms with Gasteiger partial charge < -0.3 is 10.1 Å². The molecule has 0 unspecified atom stereocenters. The first-order chi connectivity index (χ1) is 7.13. The zero-order valence-electron chi connectivity index (χ0n) is 8.33. The van der Waals surface area contributed by atoms with Gasteiger partial charge in [-0.1, -0.05) is 25.2 Å². The third kappa shape index (κ3) is 3.32. The Kier molecular flexibility index (Phi) is 3.71. The van der Waals surface area contributed by atoms with Crippen molar-refractivity contribution in [2.75, 3.05) is 0 Å². The summed E-state index contributed by atoms with van der Waals surface area (Å²) in [6.07, 6.45) is 4.46. The molecule has 0 atom stereocenters. The highest BCUT2D eigenvalue weighted by molar-refractivity contribution is 5.82. The van der Waals surface area contributed by atoms with Gasteiger partial charge in [0.15, 0.2) is 0 Å². The Hall–Kier alpha value is -2.00. The average molecular weight is 208 g/mol. The number of H-pyrrole nitrogens is 2. The molecule has 0 aliphatic rings. The maximum atomic E-state index is 11.0. The number of aromatic amines is 2. The lowest BCUT2D eigenvalue weighted by molar-refractivity contribution is -0.131. The highest BCUT2D eigenvalue weighted by atomic mass is 16.4. The molecule has 3 N–H and O–H groups in total. The Bertz CT molecular complexity index is 544. The van der Waals surface area contributed by atoms with Crippen molar-refractivity contribution in [3.8, 4) is 0 Å². The molecule has 5 heteroatoms. The third-order valence-corrected chi connectivity index (χ3v) is 1.73. The maximum absolute atomic E-state index is 11.0. The number of aliphatic carboxylic acids is 1. The van der Waals surface area contributed by atoms with Gasteiger partial charge in [0.25, 0.3) is 0 Å². The molecular weight excluding hydrogens is 196 g/mol. The summed E-state index contributed by atoms with van der Waals surface area (Å²) in [7, 11) is 0. The van der Waals surface area contributed by atoms with Crippen LogP contribution >= 0.6 is 0 Å². The number of unbranched alkanes of at least 4 members (excludes halogenated alkanes) is 1. The molecule has 0 aliphatic heterocycles. The third-order valence-electron chi connectivity index (χ3n) is 1.73. The van der Waals surface area contributed by atoms with Gasteiger partial charge in [0.2, 0.25) is 0 Å². The molecule has 0 aliphatic carbocycles. The van der Waals surface area contributed by atoms with Gasteiger partial charge in [0.1, 0.15) is 5.35 Å². The molecule has 5 nitrogen and oxygen atoms in total. The fourth-order valence-electron chi connectivity index (χ4n) is 1.09. The van der Waals surface area contributed by atoms with Gasteiger partial charge in [-0.25, -0.2) is 9.59 Å². The largest absolute Gasteiger partial charge is 0.478 e. The summed E-state index contributed by atoms with van der Waals surface area (Å²) in [6.45, 7) is 2.01. The lowest BCUT2D eigenvalue weighted by Gasteiger charge is -1.80. The normalized spacial score (nSPS) is 11.1. The molecule has 1 rings (SSSR count). The van der Waals surface area contributed by atoms with Crippen molar-refractivity contribution < 1.29 is 9.90 Å². The number of carboxylic acid groups (broad SMARTS) is 1. The van der Waals surface area contributed by atoms with Crippen LogP contribution in [-0.2, 0) is 4.79 Å². The van der Waals surface area contributed by atoms with Crippen LogP contribution in [-0.4, -0.2) is 21.0 Å². The maximum Gasteiger partial charge on any atom is 0.336 e. The Labute approximate surface area is 85.5 Å². The van der Waals surface area contributed by atoms with Crippen LogP contribution in [0.15, 0.2) is 10.9 Å². The van der Waals surface area contributed by atoms with Crippen LogP contribution in [0.2, 0.25) is 0 Å². The second kappa shape index (κ2) is 5.02. The van der Waals surface area contributed by atoms with E-state index >= 15 is 0 Å². The molecule has 1 heterocycles. The van der Waals surface area contributed by atoms with E-state index in [0.29, 0.717) is 10.7 Å². The van der Waals surface area contributed by atoms with Crippen molar-refractivity contribution in [2.45, 2.75) is 19.8 Å². The van der Waals surface area contributed by atoms with E-state index < -0.39 is 5.97 Å². The molecule has 15 heavy (non-hydrogen) atoms. The molecule has 0 aromatic carbocycles. The van der Waals surface area contributed by atoms with E-state index in [2.05, 4.69) is 15.7 Å². The van der Waals surface area contributed by atoms with Gasteiger partial charge >= 0.3 is 11.7 Å². The van der Waals surface area contributed by atoms with Crippen molar-refractivity contribution >= 4 is 17.8 Å².